The summed E-state index contributed by atoms with van der Waals surface area (Å²) in [5.41, 5.74) is 1.39. The highest BCUT2D eigenvalue weighted by atomic mass is 79.9. The molecule has 0 amide bonds. The molecule has 0 saturated carbocycles. The van der Waals surface area contributed by atoms with Crippen molar-refractivity contribution < 1.29 is 15.0 Å². The van der Waals surface area contributed by atoms with E-state index in [4.69, 9.17) is 4.74 Å². The van der Waals surface area contributed by atoms with Crippen molar-refractivity contribution in [2.24, 2.45) is 0 Å². The average Bonchev–Trinajstić information content (AvgIpc) is 2.38. The first-order valence-electron chi connectivity index (χ1n) is 6.32. The number of benzene rings is 1. The van der Waals surface area contributed by atoms with Crippen LogP contribution in [0.3, 0.4) is 0 Å². The van der Waals surface area contributed by atoms with Crippen LogP contribution in [-0.4, -0.2) is 39.4 Å². The zero-order valence-corrected chi connectivity index (χ0v) is 11.7. The lowest BCUT2D eigenvalue weighted by Crippen LogP contribution is -3.16. The Morgan fingerprint density at radius 2 is 1.88 bits per heavy atom. The standard InChI is InChI=1S/C13H19BrN2O/c14-13-3-1-12(2-4-13)11-15-5-6-16-7-9-17-10-8-16/h1-4,15H,5-11H2/p+2. The number of nitrogens with one attached hydrogen (secondary N) is 1. The zero-order chi connectivity index (χ0) is 11.9. The maximum Gasteiger partial charge on any atom is 0.127 e. The van der Waals surface area contributed by atoms with Crippen LogP contribution in [0, 0.1) is 0 Å². The SMILES string of the molecule is Brc1ccc(C[NH2+]CC[NH+]2CCOCC2)cc1. The number of nitrogens with two attached hydrogens (primary N) is 1. The Kier molecular flexibility index (Phi) is 5.45. The molecule has 17 heavy (non-hydrogen) atoms. The molecule has 1 saturated heterocycles. The van der Waals surface area contributed by atoms with E-state index >= 15 is 0 Å². The van der Waals surface area contributed by atoms with Gasteiger partial charge in [0.2, 0.25) is 0 Å². The topological polar surface area (TPSA) is 30.3 Å². The van der Waals surface area contributed by atoms with Crippen molar-refractivity contribution in [2.75, 3.05) is 39.4 Å². The fraction of sp³-hybridized carbons (Fsp3) is 0.538. The molecule has 0 radical (unpaired) electrons. The molecule has 1 aromatic carbocycles. The van der Waals surface area contributed by atoms with Crippen LogP contribution in [0.25, 0.3) is 0 Å². The van der Waals surface area contributed by atoms with Gasteiger partial charge in [-0.1, -0.05) is 28.1 Å². The molecule has 1 heterocycles. The molecule has 0 atom stereocenters. The minimum absolute atomic E-state index is 0.933. The van der Waals surface area contributed by atoms with Gasteiger partial charge in [0.25, 0.3) is 0 Å². The Bertz CT molecular complexity index is 323. The monoisotopic (exact) mass is 300 g/mol. The van der Waals surface area contributed by atoms with E-state index in [1.54, 1.807) is 4.90 Å². The summed E-state index contributed by atoms with van der Waals surface area (Å²) in [6.45, 7) is 7.74. The van der Waals surface area contributed by atoms with Crippen LogP contribution in [0.15, 0.2) is 28.7 Å². The van der Waals surface area contributed by atoms with Gasteiger partial charge in [0.15, 0.2) is 0 Å². The second kappa shape index (κ2) is 7.11. The van der Waals surface area contributed by atoms with Crippen LogP contribution in [0.5, 0.6) is 0 Å². The van der Waals surface area contributed by atoms with E-state index in [2.05, 4.69) is 45.5 Å². The van der Waals surface area contributed by atoms with Gasteiger partial charge in [0.1, 0.15) is 32.7 Å². The molecule has 0 unspecified atom stereocenters. The Morgan fingerprint density at radius 1 is 1.18 bits per heavy atom. The number of halogens is 1. The number of ether oxygens (including phenoxy) is 1. The summed E-state index contributed by atoms with van der Waals surface area (Å²) in [5.74, 6) is 0. The van der Waals surface area contributed by atoms with Gasteiger partial charge in [-0.2, -0.15) is 0 Å². The highest BCUT2D eigenvalue weighted by Gasteiger charge is 2.13. The second-order valence-electron chi connectivity index (χ2n) is 4.52. The van der Waals surface area contributed by atoms with Crippen molar-refractivity contribution in [1.29, 1.82) is 0 Å². The van der Waals surface area contributed by atoms with Crippen LogP contribution in [-0.2, 0) is 11.3 Å². The van der Waals surface area contributed by atoms with Crippen molar-refractivity contribution in [3.8, 4) is 0 Å². The van der Waals surface area contributed by atoms with Crippen molar-refractivity contribution in [3.05, 3.63) is 34.3 Å². The van der Waals surface area contributed by atoms with E-state index in [9.17, 15) is 0 Å². The van der Waals surface area contributed by atoms with Crippen LogP contribution >= 0.6 is 15.9 Å². The Hall–Kier alpha value is -0.420. The molecular formula is C13H21BrN2O+2. The summed E-state index contributed by atoms with van der Waals surface area (Å²) in [6, 6.07) is 8.58. The summed E-state index contributed by atoms with van der Waals surface area (Å²) in [6.07, 6.45) is 0. The molecule has 3 nitrogen and oxygen atoms in total. The highest BCUT2D eigenvalue weighted by Crippen LogP contribution is 2.09. The van der Waals surface area contributed by atoms with Crippen molar-refractivity contribution >= 4 is 15.9 Å². The predicted octanol–water partition coefficient (Wildman–Crippen LogP) is -0.572. The first kappa shape index (κ1) is 13.0. The minimum atomic E-state index is 0.933. The molecule has 1 aliphatic heterocycles. The third-order valence-corrected chi connectivity index (χ3v) is 3.72. The molecule has 3 N–H and O–H groups in total. The Balaban J connectivity index is 1.60. The van der Waals surface area contributed by atoms with Crippen LogP contribution in [0.4, 0.5) is 0 Å². The number of morpholine rings is 1. The summed E-state index contributed by atoms with van der Waals surface area (Å²) >= 11 is 3.45. The summed E-state index contributed by atoms with van der Waals surface area (Å²) < 4.78 is 6.50. The lowest BCUT2D eigenvalue weighted by Gasteiger charge is -2.22. The maximum absolute atomic E-state index is 5.35. The molecule has 0 aliphatic carbocycles. The van der Waals surface area contributed by atoms with Gasteiger partial charge < -0.3 is 15.0 Å². The molecular weight excluding hydrogens is 280 g/mol. The summed E-state index contributed by atoms with van der Waals surface area (Å²) in [4.78, 5) is 1.68. The number of hydrogen-bond donors (Lipinski definition) is 2. The van der Waals surface area contributed by atoms with E-state index in [-0.39, 0.29) is 0 Å². The molecule has 1 fully saturated rings. The maximum atomic E-state index is 5.35. The molecule has 1 aliphatic rings. The molecule has 1 aromatic rings. The number of rotatable bonds is 5. The zero-order valence-electron chi connectivity index (χ0n) is 10.1. The molecule has 0 bridgehead atoms. The fourth-order valence-corrected chi connectivity index (χ4v) is 2.37. The number of quaternary nitrogens is 2. The quantitative estimate of drug-likeness (QED) is 0.701. The predicted molar refractivity (Wildman–Crippen MR) is 71.0 cm³/mol. The summed E-state index contributed by atoms with van der Waals surface area (Å²) in [5, 5.41) is 2.39. The Morgan fingerprint density at radius 3 is 2.59 bits per heavy atom. The Labute approximate surface area is 111 Å². The molecule has 94 valence electrons. The lowest BCUT2D eigenvalue weighted by molar-refractivity contribution is -0.920. The largest absolute Gasteiger partial charge is 0.370 e. The average molecular weight is 301 g/mol. The van der Waals surface area contributed by atoms with Crippen molar-refractivity contribution in [2.45, 2.75) is 6.54 Å². The minimum Gasteiger partial charge on any atom is -0.370 e. The van der Waals surface area contributed by atoms with Crippen LogP contribution in [0.1, 0.15) is 5.56 Å². The first-order chi connectivity index (χ1) is 8.34. The summed E-state index contributed by atoms with van der Waals surface area (Å²) in [7, 11) is 0. The van der Waals surface area contributed by atoms with Gasteiger partial charge in [0.05, 0.1) is 13.2 Å². The molecule has 4 heteroatoms. The molecule has 0 spiro atoms. The fourth-order valence-electron chi connectivity index (χ4n) is 2.11. The van der Waals surface area contributed by atoms with Gasteiger partial charge in [-0.15, -0.1) is 0 Å². The third-order valence-electron chi connectivity index (χ3n) is 3.20. The van der Waals surface area contributed by atoms with E-state index in [0.29, 0.717) is 0 Å². The lowest BCUT2D eigenvalue weighted by atomic mass is 10.2. The van der Waals surface area contributed by atoms with Gasteiger partial charge in [-0.3, -0.25) is 0 Å². The van der Waals surface area contributed by atoms with E-state index in [0.717, 1.165) is 24.2 Å². The number of hydrogen-bond acceptors (Lipinski definition) is 1. The second-order valence-corrected chi connectivity index (χ2v) is 5.44. The molecule has 2 rings (SSSR count). The van der Waals surface area contributed by atoms with Gasteiger partial charge >= 0.3 is 0 Å². The van der Waals surface area contributed by atoms with Gasteiger partial charge in [-0.25, -0.2) is 0 Å². The highest BCUT2D eigenvalue weighted by molar-refractivity contribution is 9.10. The normalized spacial score (nSPS) is 17.2. The van der Waals surface area contributed by atoms with Crippen LogP contribution < -0.4 is 10.2 Å². The van der Waals surface area contributed by atoms with Gasteiger partial charge in [-0.05, 0) is 12.1 Å². The first-order valence-corrected chi connectivity index (χ1v) is 7.11. The molecule has 0 aromatic heterocycles. The van der Waals surface area contributed by atoms with E-state index in [1.807, 2.05) is 0 Å². The van der Waals surface area contributed by atoms with Crippen molar-refractivity contribution in [3.63, 3.8) is 0 Å². The van der Waals surface area contributed by atoms with Crippen molar-refractivity contribution in [1.82, 2.24) is 0 Å². The van der Waals surface area contributed by atoms with E-state index in [1.165, 1.54) is 31.7 Å². The smallest absolute Gasteiger partial charge is 0.127 e. The van der Waals surface area contributed by atoms with E-state index < -0.39 is 0 Å². The van der Waals surface area contributed by atoms with Crippen LogP contribution in [0.2, 0.25) is 0 Å². The third kappa shape index (κ3) is 4.76. The van der Waals surface area contributed by atoms with Gasteiger partial charge in [0, 0.05) is 10.0 Å².